The highest BCUT2D eigenvalue weighted by Gasteiger charge is 2.11. The van der Waals surface area contributed by atoms with Gasteiger partial charge < -0.3 is 10.2 Å². The van der Waals surface area contributed by atoms with Crippen LogP contribution in [-0.2, 0) is 4.79 Å². The molecule has 0 amide bonds. The van der Waals surface area contributed by atoms with Crippen LogP contribution in [0.1, 0.15) is 18.9 Å². The number of non-ortho nitro benzene ring substituents is 1. The number of nitrogens with zero attached hydrogens (tertiary/aromatic N) is 1. The van der Waals surface area contributed by atoms with Crippen molar-refractivity contribution in [2.45, 2.75) is 13.3 Å². The van der Waals surface area contributed by atoms with Crippen molar-refractivity contribution in [3.8, 4) is 5.75 Å². The van der Waals surface area contributed by atoms with Crippen LogP contribution in [0.15, 0.2) is 23.8 Å². The average molecular weight is 237 g/mol. The van der Waals surface area contributed by atoms with Crippen molar-refractivity contribution in [2.24, 2.45) is 0 Å². The van der Waals surface area contributed by atoms with Crippen LogP contribution in [-0.4, -0.2) is 21.1 Å². The van der Waals surface area contributed by atoms with Gasteiger partial charge in [-0.1, -0.05) is 6.92 Å². The van der Waals surface area contributed by atoms with E-state index in [2.05, 4.69) is 0 Å². The van der Waals surface area contributed by atoms with Crippen LogP contribution in [0.2, 0.25) is 0 Å². The molecule has 0 unspecified atom stereocenters. The van der Waals surface area contributed by atoms with Gasteiger partial charge in [-0.15, -0.1) is 0 Å². The maximum absolute atomic E-state index is 10.8. The van der Waals surface area contributed by atoms with Gasteiger partial charge in [-0.05, 0) is 18.6 Å². The summed E-state index contributed by atoms with van der Waals surface area (Å²) in [6.45, 7) is 1.65. The second kappa shape index (κ2) is 5.11. The summed E-state index contributed by atoms with van der Waals surface area (Å²) >= 11 is 0. The third kappa shape index (κ3) is 3.04. The molecule has 90 valence electrons. The minimum atomic E-state index is -1.11. The van der Waals surface area contributed by atoms with Crippen molar-refractivity contribution < 1.29 is 19.9 Å². The maximum atomic E-state index is 10.8. The van der Waals surface area contributed by atoms with E-state index >= 15 is 0 Å². The fourth-order valence-corrected chi connectivity index (χ4v) is 1.27. The number of nitro groups is 1. The quantitative estimate of drug-likeness (QED) is 0.474. The van der Waals surface area contributed by atoms with Gasteiger partial charge in [0, 0.05) is 23.3 Å². The van der Waals surface area contributed by atoms with E-state index in [-0.39, 0.29) is 29.0 Å². The van der Waals surface area contributed by atoms with Gasteiger partial charge in [0.15, 0.2) is 0 Å². The molecule has 0 bridgehead atoms. The second-order valence-electron chi connectivity index (χ2n) is 3.33. The molecular weight excluding hydrogens is 226 g/mol. The van der Waals surface area contributed by atoms with Crippen LogP contribution in [0.3, 0.4) is 0 Å². The molecule has 0 aliphatic rings. The van der Waals surface area contributed by atoms with Crippen LogP contribution in [0.4, 0.5) is 5.69 Å². The molecule has 0 aliphatic carbocycles. The predicted octanol–water partition coefficient (Wildman–Crippen LogP) is 2.18. The molecule has 0 saturated carbocycles. The van der Waals surface area contributed by atoms with Crippen molar-refractivity contribution >= 4 is 17.7 Å². The molecule has 1 aromatic rings. The number of phenols is 1. The topological polar surface area (TPSA) is 101 Å². The third-order valence-electron chi connectivity index (χ3n) is 2.21. The Morgan fingerprint density at radius 1 is 1.53 bits per heavy atom. The zero-order valence-corrected chi connectivity index (χ0v) is 9.08. The number of hydrogen-bond donors (Lipinski definition) is 2. The number of benzene rings is 1. The lowest BCUT2D eigenvalue weighted by Crippen LogP contribution is -1.99. The number of carbonyl (C=O) groups is 1. The van der Waals surface area contributed by atoms with Crippen molar-refractivity contribution in [2.75, 3.05) is 0 Å². The van der Waals surface area contributed by atoms with Gasteiger partial charge in [0.05, 0.1) is 4.92 Å². The molecule has 0 aromatic heterocycles. The maximum Gasteiger partial charge on any atom is 0.331 e. The van der Waals surface area contributed by atoms with Crippen molar-refractivity contribution in [1.82, 2.24) is 0 Å². The van der Waals surface area contributed by atoms with E-state index < -0.39 is 10.9 Å². The molecule has 1 rings (SSSR count). The summed E-state index contributed by atoms with van der Waals surface area (Å²) in [6, 6.07) is 3.45. The van der Waals surface area contributed by atoms with Gasteiger partial charge in [0.25, 0.3) is 5.69 Å². The first-order valence-electron chi connectivity index (χ1n) is 4.87. The number of rotatable bonds is 4. The zero-order valence-electron chi connectivity index (χ0n) is 9.08. The molecule has 6 nitrogen and oxygen atoms in total. The van der Waals surface area contributed by atoms with Gasteiger partial charge in [0.2, 0.25) is 0 Å². The summed E-state index contributed by atoms with van der Waals surface area (Å²) in [5, 5.41) is 28.8. The number of carboxylic acids is 1. The number of hydrogen-bond acceptors (Lipinski definition) is 4. The zero-order chi connectivity index (χ0) is 13.0. The lowest BCUT2D eigenvalue weighted by Gasteiger charge is -2.01. The minimum Gasteiger partial charge on any atom is -0.507 e. The van der Waals surface area contributed by atoms with Crippen LogP contribution in [0.5, 0.6) is 5.75 Å². The Hall–Kier alpha value is -2.37. The summed E-state index contributed by atoms with van der Waals surface area (Å²) in [4.78, 5) is 20.7. The molecule has 0 heterocycles. The van der Waals surface area contributed by atoms with E-state index in [1.807, 2.05) is 0 Å². The Morgan fingerprint density at radius 3 is 2.65 bits per heavy atom. The van der Waals surface area contributed by atoms with Crippen LogP contribution >= 0.6 is 0 Å². The molecule has 6 heteroatoms. The smallest absolute Gasteiger partial charge is 0.331 e. The fraction of sp³-hybridized carbons (Fsp3) is 0.182. The molecule has 0 saturated heterocycles. The Balaban J connectivity index is 3.25. The number of phenolic OH excluding ortho intramolecular Hbond substituents is 1. The number of nitro benzene ring substituents is 1. The Bertz CT molecular complexity index is 493. The molecule has 17 heavy (non-hydrogen) atoms. The molecule has 0 fully saturated rings. The predicted molar refractivity (Wildman–Crippen MR) is 60.7 cm³/mol. The summed E-state index contributed by atoms with van der Waals surface area (Å²) < 4.78 is 0. The summed E-state index contributed by atoms with van der Waals surface area (Å²) in [5.74, 6) is -1.30. The highest BCUT2D eigenvalue weighted by atomic mass is 16.6. The van der Waals surface area contributed by atoms with Crippen molar-refractivity contribution in [1.29, 1.82) is 0 Å². The van der Waals surface area contributed by atoms with Crippen molar-refractivity contribution in [3.05, 3.63) is 39.4 Å². The highest BCUT2D eigenvalue weighted by molar-refractivity contribution is 5.92. The van der Waals surface area contributed by atoms with Crippen LogP contribution < -0.4 is 0 Å². The van der Waals surface area contributed by atoms with Gasteiger partial charge in [-0.25, -0.2) is 4.79 Å². The monoisotopic (exact) mass is 237 g/mol. The van der Waals surface area contributed by atoms with Gasteiger partial charge in [-0.2, -0.15) is 0 Å². The lowest BCUT2D eigenvalue weighted by atomic mass is 10.1. The summed E-state index contributed by atoms with van der Waals surface area (Å²) in [5.41, 5.74) is -0.00543. The number of aliphatic carboxylic acids is 1. The molecule has 1 aromatic carbocycles. The Morgan fingerprint density at radius 2 is 2.18 bits per heavy atom. The van der Waals surface area contributed by atoms with Crippen molar-refractivity contribution in [3.63, 3.8) is 0 Å². The highest BCUT2D eigenvalue weighted by Crippen LogP contribution is 2.25. The normalized spacial score (nSPS) is 11.2. The number of aromatic hydroxyl groups is 1. The molecular formula is C11H11NO5. The van der Waals surface area contributed by atoms with E-state index in [1.54, 1.807) is 6.92 Å². The van der Waals surface area contributed by atoms with E-state index in [0.717, 1.165) is 12.1 Å². The molecule has 0 aliphatic heterocycles. The average Bonchev–Trinajstić information content (AvgIpc) is 2.27. The molecule has 0 atom stereocenters. The van der Waals surface area contributed by atoms with Crippen LogP contribution in [0, 0.1) is 10.1 Å². The molecule has 2 N–H and O–H groups in total. The standard InChI is InChI=1S/C11H11NO5/c1-2-7(11(14)15)5-8-6-9(12(16)17)3-4-10(8)13/h3-6,13H,2H2,1H3,(H,14,15)/b7-5+. The first-order chi connectivity index (χ1) is 7.95. The number of carboxylic acid groups (broad SMARTS) is 1. The summed E-state index contributed by atoms with van der Waals surface area (Å²) in [6.07, 6.45) is 1.49. The van der Waals surface area contributed by atoms with Gasteiger partial charge in [0.1, 0.15) is 5.75 Å². The SMILES string of the molecule is CC/C(=C\c1cc([N+](=O)[O-])ccc1O)C(=O)O. The van der Waals surface area contributed by atoms with E-state index in [0.29, 0.717) is 0 Å². The van der Waals surface area contributed by atoms with E-state index in [1.165, 1.54) is 12.1 Å². The fourth-order valence-electron chi connectivity index (χ4n) is 1.27. The lowest BCUT2D eigenvalue weighted by molar-refractivity contribution is -0.384. The summed E-state index contributed by atoms with van der Waals surface area (Å²) in [7, 11) is 0. The van der Waals surface area contributed by atoms with E-state index in [9.17, 15) is 20.0 Å². The minimum absolute atomic E-state index is 0.0702. The van der Waals surface area contributed by atoms with E-state index in [4.69, 9.17) is 5.11 Å². The molecule has 0 radical (unpaired) electrons. The first-order valence-corrected chi connectivity index (χ1v) is 4.87. The van der Waals surface area contributed by atoms with Gasteiger partial charge >= 0.3 is 5.97 Å². The third-order valence-corrected chi connectivity index (χ3v) is 2.21. The van der Waals surface area contributed by atoms with Gasteiger partial charge in [-0.3, -0.25) is 10.1 Å². The molecule has 0 spiro atoms. The first kappa shape index (κ1) is 12.7. The Labute approximate surface area is 97.0 Å². The Kier molecular flexibility index (Phi) is 3.82. The van der Waals surface area contributed by atoms with Crippen LogP contribution in [0.25, 0.3) is 6.08 Å². The largest absolute Gasteiger partial charge is 0.507 e. The second-order valence-corrected chi connectivity index (χ2v) is 3.33.